The third-order valence-electron chi connectivity index (χ3n) is 2.26. The lowest BCUT2D eigenvalue weighted by molar-refractivity contribution is 0.637. The molecule has 96 valence electrons. The first-order valence-corrected chi connectivity index (χ1v) is 7.44. The van der Waals surface area contributed by atoms with Crippen LogP contribution in [-0.4, -0.2) is 8.96 Å². The summed E-state index contributed by atoms with van der Waals surface area (Å²) in [4.78, 5) is 0. The van der Waals surface area contributed by atoms with Crippen molar-refractivity contribution in [3.05, 3.63) is 11.8 Å². The van der Waals surface area contributed by atoms with Crippen LogP contribution in [0.2, 0.25) is 0 Å². The van der Waals surface area contributed by atoms with Gasteiger partial charge in [0.2, 0.25) is 0 Å². The largest absolute Gasteiger partial charge is 0.309 e. The molecular weight excluding hydrogens is 218 g/mol. The highest BCUT2D eigenvalue weighted by molar-refractivity contribution is 7.84. The van der Waals surface area contributed by atoms with Gasteiger partial charge >= 0.3 is 0 Å². The van der Waals surface area contributed by atoms with Gasteiger partial charge in [-0.05, 0) is 40.0 Å². The Bertz CT molecular complexity index is 241. The first kappa shape index (κ1) is 15.7. The molecule has 0 saturated carbocycles. The molecule has 0 aromatic rings. The van der Waals surface area contributed by atoms with E-state index in [9.17, 15) is 4.21 Å². The Morgan fingerprint density at radius 1 is 1.25 bits per heavy atom. The van der Waals surface area contributed by atoms with Crippen LogP contribution in [0.3, 0.4) is 0 Å². The Kier molecular flexibility index (Phi) is 7.73. The van der Waals surface area contributed by atoms with Gasteiger partial charge in [0.1, 0.15) is 11.0 Å². The summed E-state index contributed by atoms with van der Waals surface area (Å²) in [5.74, 6) is 0. The molecule has 0 fully saturated rings. The highest BCUT2D eigenvalue weighted by Crippen LogP contribution is 2.13. The molecule has 1 unspecified atom stereocenters. The molecule has 2 nitrogen and oxygen atoms in total. The molecular formula is C13H27NOS. The molecule has 1 N–H and O–H groups in total. The van der Waals surface area contributed by atoms with Crippen LogP contribution in [0, 0.1) is 0 Å². The van der Waals surface area contributed by atoms with E-state index in [1.165, 1.54) is 6.42 Å². The van der Waals surface area contributed by atoms with E-state index in [2.05, 4.69) is 24.6 Å². The number of allylic oxidation sites excluding steroid dienone is 2. The summed E-state index contributed by atoms with van der Waals surface area (Å²) < 4.78 is 14.9. The summed E-state index contributed by atoms with van der Waals surface area (Å²) >= 11 is 0. The SMILES string of the molecule is CCC/C=C(/CCCC)NS(=O)C(C)(C)C. The molecule has 3 heteroatoms. The predicted molar refractivity (Wildman–Crippen MR) is 73.5 cm³/mol. The minimum Gasteiger partial charge on any atom is -0.309 e. The van der Waals surface area contributed by atoms with E-state index >= 15 is 0 Å². The van der Waals surface area contributed by atoms with Crippen LogP contribution in [0.25, 0.3) is 0 Å². The van der Waals surface area contributed by atoms with Crippen LogP contribution in [0.1, 0.15) is 66.7 Å². The van der Waals surface area contributed by atoms with Gasteiger partial charge in [-0.15, -0.1) is 0 Å². The smallest absolute Gasteiger partial charge is 0.122 e. The Hall–Kier alpha value is -0.310. The van der Waals surface area contributed by atoms with E-state index in [1.54, 1.807) is 0 Å². The van der Waals surface area contributed by atoms with Crippen molar-refractivity contribution < 1.29 is 4.21 Å². The number of hydrogen-bond donors (Lipinski definition) is 1. The highest BCUT2D eigenvalue weighted by atomic mass is 32.2. The van der Waals surface area contributed by atoms with Gasteiger partial charge < -0.3 is 4.72 Å². The summed E-state index contributed by atoms with van der Waals surface area (Å²) in [6, 6.07) is 0. The molecule has 0 aliphatic heterocycles. The summed E-state index contributed by atoms with van der Waals surface area (Å²) in [5.41, 5.74) is 1.15. The van der Waals surface area contributed by atoms with Gasteiger partial charge in [0.25, 0.3) is 0 Å². The van der Waals surface area contributed by atoms with Crippen LogP contribution < -0.4 is 4.72 Å². The standard InChI is InChI=1S/C13H27NOS/c1-6-8-10-12(11-9-7-2)14-16(15)13(3,4)5/h10,14H,6-9,11H2,1-5H3/b12-10-. The first-order valence-electron chi connectivity index (χ1n) is 6.29. The van der Waals surface area contributed by atoms with Crippen LogP contribution in [-0.2, 0) is 11.0 Å². The second kappa shape index (κ2) is 7.88. The Morgan fingerprint density at radius 2 is 1.88 bits per heavy atom. The van der Waals surface area contributed by atoms with Gasteiger partial charge in [-0.2, -0.15) is 0 Å². The molecule has 0 aliphatic carbocycles. The maximum Gasteiger partial charge on any atom is 0.122 e. The summed E-state index contributed by atoms with van der Waals surface area (Å²) in [6.45, 7) is 10.3. The molecule has 0 aliphatic rings. The maximum absolute atomic E-state index is 12.0. The van der Waals surface area contributed by atoms with Crippen LogP contribution in [0.4, 0.5) is 0 Å². The second-order valence-corrected chi connectivity index (χ2v) is 7.07. The third kappa shape index (κ3) is 7.04. The molecule has 0 rings (SSSR count). The van der Waals surface area contributed by atoms with Gasteiger partial charge in [0.05, 0.1) is 4.75 Å². The van der Waals surface area contributed by atoms with Crippen LogP contribution in [0.5, 0.6) is 0 Å². The van der Waals surface area contributed by atoms with Crippen molar-refractivity contribution in [2.24, 2.45) is 0 Å². The summed E-state index contributed by atoms with van der Waals surface area (Å²) in [5, 5.41) is 0. The molecule has 0 saturated heterocycles. The second-order valence-electron chi connectivity index (χ2n) is 5.10. The van der Waals surface area contributed by atoms with Crippen LogP contribution >= 0.6 is 0 Å². The van der Waals surface area contributed by atoms with Crippen molar-refractivity contribution in [1.82, 2.24) is 4.72 Å². The summed E-state index contributed by atoms with van der Waals surface area (Å²) in [7, 11) is -0.993. The Balaban J connectivity index is 4.36. The molecule has 1 atom stereocenters. The normalized spacial score (nSPS) is 14.9. The number of nitrogens with one attached hydrogen (secondary N) is 1. The molecule has 16 heavy (non-hydrogen) atoms. The van der Waals surface area contributed by atoms with Crippen molar-refractivity contribution in [2.45, 2.75) is 71.5 Å². The Labute approximate surface area is 103 Å². The molecule has 0 aromatic heterocycles. The highest BCUT2D eigenvalue weighted by Gasteiger charge is 2.19. The van der Waals surface area contributed by atoms with E-state index in [0.29, 0.717) is 0 Å². The Morgan fingerprint density at radius 3 is 2.31 bits per heavy atom. The fourth-order valence-electron chi connectivity index (χ4n) is 1.15. The lowest BCUT2D eigenvalue weighted by atomic mass is 10.2. The maximum atomic E-state index is 12.0. The monoisotopic (exact) mass is 245 g/mol. The van der Waals surface area contributed by atoms with E-state index in [0.717, 1.165) is 31.4 Å². The van der Waals surface area contributed by atoms with Gasteiger partial charge in [0.15, 0.2) is 0 Å². The van der Waals surface area contributed by atoms with E-state index in [-0.39, 0.29) is 4.75 Å². The van der Waals surface area contributed by atoms with Crippen molar-refractivity contribution in [3.63, 3.8) is 0 Å². The minimum atomic E-state index is -0.993. The number of hydrogen-bond acceptors (Lipinski definition) is 1. The average molecular weight is 245 g/mol. The van der Waals surface area contributed by atoms with Gasteiger partial charge in [-0.25, -0.2) is 4.21 Å². The zero-order valence-electron chi connectivity index (χ0n) is 11.4. The molecule has 0 spiro atoms. The van der Waals surface area contributed by atoms with Crippen molar-refractivity contribution in [2.75, 3.05) is 0 Å². The lowest BCUT2D eigenvalue weighted by Crippen LogP contribution is -2.32. The molecule has 0 radical (unpaired) electrons. The average Bonchev–Trinajstić information content (AvgIpc) is 2.20. The van der Waals surface area contributed by atoms with E-state index in [1.807, 2.05) is 20.8 Å². The number of rotatable bonds is 7. The first-order chi connectivity index (χ1) is 7.41. The topological polar surface area (TPSA) is 29.1 Å². The van der Waals surface area contributed by atoms with Crippen LogP contribution in [0.15, 0.2) is 11.8 Å². The zero-order chi connectivity index (χ0) is 12.6. The fraction of sp³-hybridized carbons (Fsp3) is 0.846. The predicted octanol–water partition coefficient (Wildman–Crippen LogP) is 3.91. The molecule has 0 bridgehead atoms. The molecule has 0 amide bonds. The van der Waals surface area contributed by atoms with Gasteiger partial charge in [-0.1, -0.05) is 32.8 Å². The van der Waals surface area contributed by atoms with Gasteiger partial charge in [-0.3, -0.25) is 0 Å². The van der Waals surface area contributed by atoms with Gasteiger partial charge in [0, 0.05) is 5.70 Å². The van der Waals surface area contributed by atoms with Crippen molar-refractivity contribution in [3.8, 4) is 0 Å². The van der Waals surface area contributed by atoms with E-state index in [4.69, 9.17) is 0 Å². The fourth-order valence-corrected chi connectivity index (χ4v) is 1.88. The quantitative estimate of drug-likeness (QED) is 0.724. The zero-order valence-corrected chi connectivity index (χ0v) is 12.2. The number of unbranched alkanes of at least 4 members (excludes halogenated alkanes) is 2. The van der Waals surface area contributed by atoms with E-state index < -0.39 is 11.0 Å². The van der Waals surface area contributed by atoms with Crippen molar-refractivity contribution >= 4 is 11.0 Å². The molecule has 0 heterocycles. The minimum absolute atomic E-state index is 0.197. The lowest BCUT2D eigenvalue weighted by Gasteiger charge is -2.20. The van der Waals surface area contributed by atoms with Crippen molar-refractivity contribution in [1.29, 1.82) is 0 Å². The summed E-state index contributed by atoms with van der Waals surface area (Å²) in [6.07, 6.45) is 7.74. The third-order valence-corrected chi connectivity index (χ3v) is 3.82. The molecule has 0 aromatic carbocycles.